The van der Waals surface area contributed by atoms with Gasteiger partial charge in [-0.25, -0.2) is 0 Å². The Morgan fingerprint density at radius 2 is 2.06 bits per heavy atom. The number of thiophene rings is 1. The van der Waals surface area contributed by atoms with Crippen LogP contribution in [-0.2, 0) is 13.2 Å². The predicted molar refractivity (Wildman–Crippen MR) is 72.5 cm³/mol. The average Bonchev–Trinajstić information content (AvgIpc) is 2.86. The molecule has 18 heavy (non-hydrogen) atoms. The van der Waals surface area contributed by atoms with Gasteiger partial charge in [0.25, 0.3) is 0 Å². The Morgan fingerprint density at radius 3 is 2.61 bits per heavy atom. The number of primary amides is 1. The fourth-order valence-electron chi connectivity index (χ4n) is 1.52. The van der Waals surface area contributed by atoms with Crippen molar-refractivity contribution in [3.05, 3.63) is 51.7 Å². The smallest absolute Gasteiger partial charge is 0.249 e. The van der Waals surface area contributed by atoms with Crippen molar-refractivity contribution in [2.24, 2.45) is 5.73 Å². The van der Waals surface area contributed by atoms with E-state index in [1.807, 2.05) is 24.3 Å². The van der Waals surface area contributed by atoms with E-state index in [1.54, 1.807) is 11.4 Å². The number of amides is 1. The first-order valence-corrected chi connectivity index (χ1v) is 6.38. The molecule has 0 atom stereocenters. The second-order valence-electron chi connectivity index (χ2n) is 3.87. The number of anilines is 1. The van der Waals surface area contributed by atoms with Crippen LogP contribution in [0.15, 0.2) is 35.7 Å². The van der Waals surface area contributed by atoms with Crippen LogP contribution in [0.25, 0.3) is 0 Å². The van der Waals surface area contributed by atoms with Gasteiger partial charge in [0.1, 0.15) is 0 Å². The van der Waals surface area contributed by atoms with Crippen LogP contribution in [-0.4, -0.2) is 11.0 Å². The highest BCUT2D eigenvalue weighted by atomic mass is 32.1. The highest BCUT2D eigenvalue weighted by molar-refractivity contribution is 7.10. The van der Waals surface area contributed by atoms with Gasteiger partial charge in [0, 0.05) is 22.5 Å². The molecule has 4 N–H and O–H groups in total. The number of carbonyl (C=O) groups is 1. The van der Waals surface area contributed by atoms with E-state index in [0.29, 0.717) is 12.1 Å². The van der Waals surface area contributed by atoms with Crippen molar-refractivity contribution in [3.8, 4) is 0 Å². The molecule has 1 aromatic carbocycles. The Balaban J connectivity index is 1.95. The van der Waals surface area contributed by atoms with Gasteiger partial charge < -0.3 is 16.2 Å². The van der Waals surface area contributed by atoms with Crippen molar-refractivity contribution in [2.45, 2.75) is 13.2 Å². The zero-order chi connectivity index (χ0) is 13.0. The van der Waals surface area contributed by atoms with E-state index in [0.717, 1.165) is 16.1 Å². The Hall–Kier alpha value is -1.85. The molecule has 0 fully saturated rings. The second-order valence-corrected chi connectivity index (χ2v) is 4.87. The van der Waals surface area contributed by atoms with E-state index in [9.17, 15) is 4.79 Å². The summed E-state index contributed by atoms with van der Waals surface area (Å²) in [5.41, 5.74) is 7.59. The molecule has 0 radical (unpaired) electrons. The number of hydrogen-bond acceptors (Lipinski definition) is 4. The summed E-state index contributed by atoms with van der Waals surface area (Å²) in [5.74, 6) is -0.398. The van der Waals surface area contributed by atoms with Crippen molar-refractivity contribution in [3.63, 3.8) is 0 Å². The van der Waals surface area contributed by atoms with E-state index < -0.39 is 5.91 Å². The van der Waals surface area contributed by atoms with Crippen LogP contribution < -0.4 is 11.1 Å². The molecule has 0 aliphatic carbocycles. The number of nitrogens with one attached hydrogen (secondary N) is 1. The Kier molecular flexibility index (Phi) is 3.96. The van der Waals surface area contributed by atoms with E-state index >= 15 is 0 Å². The number of rotatable bonds is 5. The molecular formula is C13H14N2O2S. The summed E-state index contributed by atoms with van der Waals surface area (Å²) < 4.78 is 0. The maximum absolute atomic E-state index is 10.9. The van der Waals surface area contributed by atoms with Gasteiger partial charge in [-0.1, -0.05) is 12.1 Å². The molecule has 2 aromatic rings. The summed E-state index contributed by atoms with van der Waals surface area (Å²) in [5, 5.41) is 13.9. The lowest BCUT2D eigenvalue weighted by molar-refractivity contribution is 0.100. The summed E-state index contributed by atoms with van der Waals surface area (Å²) in [6.07, 6.45) is 0. The lowest BCUT2D eigenvalue weighted by Crippen LogP contribution is -2.09. The van der Waals surface area contributed by atoms with Crippen molar-refractivity contribution in [2.75, 3.05) is 5.32 Å². The molecular weight excluding hydrogens is 248 g/mol. The topological polar surface area (TPSA) is 75.4 Å². The minimum absolute atomic E-state index is 0.0488. The Bertz CT molecular complexity index is 534. The molecule has 0 unspecified atom stereocenters. The lowest BCUT2D eigenvalue weighted by atomic mass is 10.2. The lowest BCUT2D eigenvalue weighted by Gasteiger charge is -2.05. The van der Waals surface area contributed by atoms with Crippen molar-refractivity contribution < 1.29 is 9.90 Å². The number of hydrogen-bond donors (Lipinski definition) is 3. The van der Waals surface area contributed by atoms with Crippen LogP contribution in [0.3, 0.4) is 0 Å². The molecule has 4 nitrogen and oxygen atoms in total. The fourth-order valence-corrected chi connectivity index (χ4v) is 2.33. The highest BCUT2D eigenvalue weighted by Crippen LogP contribution is 2.17. The van der Waals surface area contributed by atoms with Crippen molar-refractivity contribution in [1.82, 2.24) is 0 Å². The van der Waals surface area contributed by atoms with Gasteiger partial charge in [0.05, 0.1) is 12.2 Å². The number of benzene rings is 1. The minimum atomic E-state index is -0.398. The number of carbonyl (C=O) groups excluding carboxylic acids is 1. The molecule has 1 aromatic heterocycles. The van der Waals surface area contributed by atoms with Gasteiger partial charge in [-0.2, -0.15) is 0 Å². The van der Waals surface area contributed by atoms with Crippen LogP contribution in [0.1, 0.15) is 20.8 Å². The summed E-state index contributed by atoms with van der Waals surface area (Å²) >= 11 is 1.50. The third kappa shape index (κ3) is 3.09. The van der Waals surface area contributed by atoms with Crippen LogP contribution >= 0.6 is 11.3 Å². The zero-order valence-corrected chi connectivity index (χ0v) is 10.5. The first kappa shape index (κ1) is 12.6. The van der Waals surface area contributed by atoms with Gasteiger partial charge in [0.2, 0.25) is 5.91 Å². The summed E-state index contributed by atoms with van der Waals surface area (Å²) in [6.45, 7) is 0.698. The van der Waals surface area contributed by atoms with Crippen molar-refractivity contribution in [1.29, 1.82) is 0 Å². The molecule has 0 saturated carbocycles. The summed E-state index contributed by atoms with van der Waals surface area (Å²) in [7, 11) is 0. The standard InChI is InChI=1S/C13H14N2O2S/c14-13(17)10-5-12(18-8-10)6-15-11-3-1-9(7-16)2-4-11/h1-5,8,15-16H,6-7H2,(H2,14,17). The second kappa shape index (κ2) is 5.66. The molecule has 2 rings (SSSR count). The van der Waals surface area contributed by atoms with Crippen LogP contribution in [0.5, 0.6) is 0 Å². The molecule has 0 saturated heterocycles. The molecule has 0 spiro atoms. The first-order chi connectivity index (χ1) is 8.69. The van der Waals surface area contributed by atoms with E-state index in [-0.39, 0.29) is 6.61 Å². The average molecular weight is 262 g/mol. The maximum Gasteiger partial charge on any atom is 0.249 e. The molecule has 5 heteroatoms. The van der Waals surface area contributed by atoms with Gasteiger partial charge in [-0.3, -0.25) is 4.79 Å². The highest BCUT2D eigenvalue weighted by Gasteiger charge is 2.04. The maximum atomic E-state index is 10.9. The largest absolute Gasteiger partial charge is 0.392 e. The molecule has 0 bridgehead atoms. The fraction of sp³-hybridized carbons (Fsp3) is 0.154. The third-order valence-corrected chi connectivity index (χ3v) is 3.48. The van der Waals surface area contributed by atoms with Crippen LogP contribution in [0.4, 0.5) is 5.69 Å². The van der Waals surface area contributed by atoms with Crippen molar-refractivity contribution >= 4 is 22.9 Å². The molecule has 0 aliphatic rings. The number of nitrogens with two attached hydrogens (primary N) is 1. The molecule has 1 amide bonds. The van der Waals surface area contributed by atoms with Gasteiger partial charge in [-0.15, -0.1) is 11.3 Å². The zero-order valence-electron chi connectivity index (χ0n) is 9.72. The summed E-state index contributed by atoms with van der Waals surface area (Å²) in [4.78, 5) is 12.0. The third-order valence-electron chi connectivity index (χ3n) is 2.54. The van der Waals surface area contributed by atoms with Crippen LogP contribution in [0, 0.1) is 0 Å². The quantitative estimate of drug-likeness (QED) is 0.771. The summed E-state index contributed by atoms with van der Waals surface area (Å²) in [6, 6.07) is 9.35. The monoisotopic (exact) mass is 262 g/mol. The van der Waals surface area contributed by atoms with E-state index in [4.69, 9.17) is 10.8 Å². The molecule has 1 heterocycles. The normalized spacial score (nSPS) is 10.3. The van der Waals surface area contributed by atoms with Crippen LogP contribution in [0.2, 0.25) is 0 Å². The predicted octanol–water partition coefficient (Wildman–Crippen LogP) is 1.95. The molecule has 0 aliphatic heterocycles. The van der Waals surface area contributed by atoms with Gasteiger partial charge in [-0.05, 0) is 23.8 Å². The SMILES string of the molecule is NC(=O)c1csc(CNc2ccc(CO)cc2)c1. The Labute approximate surface area is 109 Å². The van der Waals surface area contributed by atoms with Gasteiger partial charge in [0.15, 0.2) is 0 Å². The molecule has 94 valence electrons. The first-order valence-electron chi connectivity index (χ1n) is 5.50. The number of aliphatic hydroxyl groups is 1. The van der Waals surface area contributed by atoms with E-state index in [2.05, 4.69) is 5.32 Å². The van der Waals surface area contributed by atoms with Gasteiger partial charge >= 0.3 is 0 Å². The van der Waals surface area contributed by atoms with E-state index in [1.165, 1.54) is 11.3 Å². The minimum Gasteiger partial charge on any atom is -0.392 e. The Morgan fingerprint density at radius 1 is 1.33 bits per heavy atom. The number of aliphatic hydroxyl groups excluding tert-OH is 1.